The van der Waals surface area contributed by atoms with Gasteiger partial charge in [-0.3, -0.25) is 0 Å². The highest BCUT2D eigenvalue weighted by atomic mass is 79.9. The van der Waals surface area contributed by atoms with Crippen molar-refractivity contribution in [3.63, 3.8) is 0 Å². The van der Waals surface area contributed by atoms with Gasteiger partial charge in [0.1, 0.15) is 5.82 Å². The average Bonchev–Trinajstić information content (AvgIpc) is 3.15. The summed E-state index contributed by atoms with van der Waals surface area (Å²) in [5.41, 5.74) is 1.19. The Morgan fingerprint density at radius 2 is 2.05 bits per heavy atom. The van der Waals surface area contributed by atoms with Crippen LogP contribution in [-0.2, 0) is 6.54 Å². The Bertz CT molecular complexity index is 548. The summed E-state index contributed by atoms with van der Waals surface area (Å²) >= 11 is 5.23. The van der Waals surface area contributed by atoms with Gasteiger partial charge in [-0.2, -0.15) is 0 Å². The Hall–Kier alpha value is -0.710. The minimum atomic E-state index is -0.166. The number of halogens is 2. The van der Waals surface area contributed by atoms with Gasteiger partial charge in [0.05, 0.1) is 0 Å². The molecule has 0 radical (unpaired) electrons. The molecule has 4 heteroatoms. The van der Waals surface area contributed by atoms with Crippen LogP contribution in [0.3, 0.4) is 0 Å². The molecule has 1 aliphatic carbocycles. The summed E-state index contributed by atoms with van der Waals surface area (Å²) in [5, 5.41) is 5.71. The molecule has 1 unspecified atom stereocenters. The second-order valence-corrected chi connectivity index (χ2v) is 6.89. The van der Waals surface area contributed by atoms with Gasteiger partial charge in [0, 0.05) is 27.3 Å². The first-order chi connectivity index (χ1) is 9.22. The summed E-state index contributed by atoms with van der Waals surface area (Å²) in [5.74, 6) is 0.536. The van der Waals surface area contributed by atoms with E-state index >= 15 is 0 Å². The van der Waals surface area contributed by atoms with Gasteiger partial charge < -0.3 is 5.32 Å². The third-order valence-electron chi connectivity index (χ3n) is 3.44. The van der Waals surface area contributed by atoms with E-state index in [2.05, 4.69) is 32.7 Å². The molecule has 1 atom stereocenters. The van der Waals surface area contributed by atoms with E-state index in [9.17, 15) is 4.39 Å². The monoisotopic (exact) mass is 339 g/mol. The normalized spacial score (nSPS) is 16.5. The Kier molecular flexibility index (Phi) is 4.01. The van der Waals surface area contributed by atoms with Gasteiger partial charge >= 0.3 is 0 Å². The topological polar surface area (TPSA) is 12.0 Å². The largest absolute Gasteiger partial charge is 0.305 e. The van der Waals surface area contributed by atoms with E-state index in [0.717, 1.165) is 11.0 Å². The lowest BCUT2D eigenvalue weighted by molar-refractivity contribution is 0.481. The highest BCUT2D eigenvalue weighted by molar-refractivity contribution is 9.10. The van der Waals surface area contributed by atoms with Crippen LogP contribution in [-0.4, -0.2) is 0 Å². The van der Waals surface area contributed by atoms with Crippen LogP contribution in [0.1, 0.15) is 29.3 Å². The van der Waals surface area contributed by atoms with E-state index in [-0.39, 0.29) is 5.82 Å². The van der Waals surface area contributed by atoms with Crippen LogP contribution in [0.15, 0.2) is 40.2 Å². The van der Waals surface area contributed by atoms with E-state index in [4.69, 9.17) is 0 Å². The van der Waals surface area contributed by atoms with E-state index in [0.29, 0.717) is 12.0 Å². The first kappa shape index (κ1) is 13.3. The average molecular weight is 340 g/mol. The van der Waals surface area contributed by atoms with Crippen molar-refractivity contribution in [3.05, 3.63) is 56.4 Å². The molecule has 0 amide bonds. The number of hydrogen-bond donors (Lipinski definition) is 1. The molecule has 1 nitrogen and oxygen atoms in total. The molecule has 2 aromatic rings. The van der Waals surface area contributed by atoms with Gasteiger partial charge in [-0.1, -0.05) is 12.1 Å². The molecule has 1 aromatic heterocycles. The lowest BCUT2D eigenvalue weighted by atomic mass is 10.0. The second-order valence-electron chi connectivity index (χ2n) is 4.98. The van der Waals surface area contributed by atoms with E-state index < -0.39 is 0 Å². The van der Waals surface area contributed by atoms with E-state index in [1.54, 1.807) is 23.5 Å². The van der Waals surface area contributed by atoms with Gasteiger partial charge in [-0.25, -0.2) is 4.39 Å². The molecular formula is C15H15BrFNS. The van der Waals surface area contributed by atoms with Crippen LogP contribution < -0.4 is 5.32 Å². The molecule has 1 aliphatic rings. The molecular weight excluding hydrogens is 325 g/mol. The van der Waals surface area contributed by atoms with Crippen molar-refractivity contribution in [3.8, 4) is 0 Å². The lowest BCUT2D eigenvalue weighted by Gasteiger charge is -2.18. The Labute approximate surface area is 125 Å². The summed E-state index contributed by atoms with van der Waals surface area (Å²) < 4.78 is 14.1. The minimum absolute atomic E-state index is 0.166. The summed E-state index contributed by atoms with van der Waals surface area (Å²) in [6.45, 7) is 0.870. The van der Waals surface area contributed by atoms with Crippen molar-refractivity contribution >= 4 is 27.3 Å². The SMILES string of the molecule is Fc1ccc(C(NCc2cc(Br)cs2)C2CC2)cc1. The highest BCUT2D eigenvalue weighted by Gasteiger charge is 2.31. The summed E-state index contributed by atoms with van der Waals surface area (Å²) in [4.78, 5) is 1.32. The van der Waals surface area contributed by atoms with Gasteiger partial charge in [0.15, 0.2) is 0 Å². The first-order valence-corrected chi connectivity index (χ1v) is 8.11. The summed E-state index contributed by atoms with van der Waals surface area (Å²) in [6.07, 6.45) is 2.53. The zero-order valence-corrected chi connectivity index (χ0v) is 12.8. The van der Waals surface area contributed by atoms with Crippen LogP contribution in [0.25, 0.3) is 0 Å². The van der Waals surface area contributed by atoms with Crippen LogP contribution >= 0.6 is 27.3 Å². The molecule has 0 aliphatic heterocycles. The van der Waals surface area contributed by atoms with Gasteiger partial charge in [0.2, 0.25) is 0 Å². The maximum absolute atomic E-state index is 13.0. The van der Waals surface area contributed by atoms with Crippen LogP contribution in [0.2, 0.25) is 0 Å². The van der Waals surface area contributed by atoms with Crippen molar-refractivity contribution in [1.82, 2.24) is 5.32 Å². The number of benzene rings is 1. The third kappa shape index (κ3) is 3.44. The van der Waals surface area contributed by atoms with Gasteiger partial charge in [0.25, 0.3) is 0 Å². The van der Waals surface area contributed by atoms with E-state index in [1.807, 2.05) is 12.1 Å². The predicted octanol–water partition coefficient (Wildman–Crippen LogP) is 4.89. The molecule has 1 heterocycles. The number of rotatable bonds is 5. The zero-order chi connectivity index (χ0) is 13.2. The lowest BCUT2D eigenvalue weighted by Crippen LogP contribution is -2.22. The maximum Gasteiger partial charge on any atom is 0.123 e. The van der Waals surface area contributed by atoms with Gasteiger partial charge in [-0.05, 0) is 58.5 Å². The van der Waals surface area contributed by atoms with Crippen LogP contribution in [0.5, 0.6) is 0 Å². The standard InChI is InChI=1S/C15H15BrFNS/c16-12-7-14(19-9-12)8-18-15(10-1-2-10)11-3-5-13(17)6-4-11/h3-7,9-10,15,18H,1-2,8H2. The molecule has 0 bridgehead atoms. The Balaban J connectivity index is 1.69. The fourth-order valence-electron chi connectivity index (χ4n) is 2.31. The van der Waals surface area contributed by atoms with Crippen molar-refractivity contribution in [2.24, 2.45) is 5.92 Å². The summed E-state index contributed by atoms with van der Waals surface area (Å²) in [7, 11) is 0. The fourth-order valence-corrected chi connectivity index (χ4v) is 3.72. The molecule has 1 aromatic carbocycles. The molecule has 19 heavy (non-hydrogen) atoms. The first-order valence-electron chi connectivity index (χ1n) is 6.44. The second kappa shape index (κ2) is 5.73. The predicted molar refractivity (Wildman–Crippen MR) is 80.7 cm³/mol. The van der Waals surface area contributed by atoms with Crippen LogP contribution in [0.4, 0.5) is 4.39 Å². The molecule has 0 spiro atoms. The fraction of sp³-hybridized carbons (Fsp3) is 0.333. The van der Waals surface area contributed by atoms with Crippen molar-refractivity contribution in [2.75, 3.05) is 0 Å². The van der Waals surface area contributed by atoms with E-state index in [1.165, 1.54) is 23.3 Å². The zero-order valence-electron chi connectivity index (χ0n) is 10.4. The quantitative estimate of drug-likeness (QED) is 0.817. The minimum Gasteiger partial charge on any atom is -0.305 e. The van der Waals surface area contributed by atoms with Crippen molar-refractivity contribution in [1.29, 1.82) is 0 Å². The van der Waals surface area contributed by atoms with Crippen molar-refractivity contribution in [2.45, 2.75) is 25.4 Å². The number of hydrogen-bond acceptors (Lipinski definition) is 2. The number of thiophene rings is 1. The smallest absolute Gasteiger partial charge is 0.123 e. The molecule has 3 rings (SSSR count). The Morgan fingerprint density at radius 3 is 2.63 bits per heavy atom. The summed E-state index contributed by atoms with van der Waals surface area (Å²) in [6, 6.07) is 9.39. The molecule has 0 saturated heterocycles. The molecule has 100 valence electrons. The Morgan fingerprint density at radius 1 is 1.32 bits per heavy atom. The third-order valence-corrected chi connectivity index (χ3v) is 5.14. The van der Waals surface area contributed by atoms with Crippen molar-refractivity contribution < 1.29 is 4.39 Å². The molecule has 1 saturated carbocycles. The number of nitrogens with one attached hydrogen (secondary N) is 1. The van der Waals surface area contributed by atoms with Gasteiger partial charge in [-0.15, -0.1) is 11.3 Å². The molecule has 1 N–H and O–H groups in total. The maximum atomic E-state index is 13.0. The highest BCUT2D eigenvalue weighted by Crippen LogP contribution is 2.41. The molecule has 1 fully saturated rings. The van der Waals surface area contributed by atoms with Crippen LogP contribution in [0, 0.1) is 11.7 Å².